The van der Waals surface area contributed by atoms with Gasteiger partial charge in [-0.15, -0.1) is 0 Å². The molecule has 3 aromatic rings. The van der Waals surface area contributed by atoms with Crippen LogP contribution in [0.3, 0.4) is 0 Å². The van der Waals surface area contributed by atoms with Crippen molar-refractivity contribution in [2.45, 2.75) is 11.4 Å². The van der Waals surface area contributed by atoms with Crippen LogP contribution in [0.15, 0.2) is 78.0 Å². The average Bonchev–Trinajstić information content (AvgIpc) is 2.74. The fourth-order valence-corrected chi connectivity index (χ4v) is 3.51. The molecule has 0 saturated heterocycles. The maximum absolute atomic E-state index is 12.4. The predicted octanol–water partition coefficient (Wildman–Crippen LogP) is 3.21. The molecule has 0 aliphatic carbocycles. The zero-order chi connectivity index (χ0) is 20.7. The summed E-state index contributed by atoms with van der Waals surface area (Å²) in [5, 5.41) is 5.40. The topological polar surface area (TPSA) is 109 Å². The van der Waals surface area contributed by atoms with Gasteiger partial charge in [-0.3, -0.25) is 9.71 Å². The van der Waals surface area contributed by atoms with E-state index in [0.29, 0.717) is 23.7 Å². The largest absolute Gasteiger partial charge is 0.497 e. The number of urea groups is 1. The summed E-state index contributed by atoms with van der Waals surface area (Å²) in [6.07, 6.45) is 3.33. The molecule has 0 aliphatic heterocycles. The number of nitrogens with one attached hydrogen (secondary N) is 3. The molecular formula is C20H20N4O4S. The van der Waals surface area contributed by atoms with Crippen LogP contribution in [-0.4, -0.2) is 26.5 Å². The van der Waals surface area contributed by atoms with Gasteiger partial charge >= 0.3 is 6.03 Å². The van der Waals surface area contributed by atoms with Crippen molar-refractivity contribution in [3.63, 3.8) is 0 Å². The Morgan fingerprint density at radius 3 is 2.31 bits per heavy atom. The summed E-state index contributed by atoms with van der Waals surface area (Å²) in [6, 6.07) is 15.7. The normalized spacial score (nSPS) is 10.8. The van der Waals surface area contributed by atoms with E-state index in [9.17, 15) is 13.2 Å². The number of amides is 2. The Kier molecular flexibility index (Phi) is 6.30. The molecule has 2 aromatic carbocycles. The molecule has 1 heterocycles. The quantitative estimate of drug-likeness (QED) is 0.552. The van der Waals surface area contributed by atoms with Gasteiger partial charge in [-0.25, -0.2) is 13.2 Å². The van der Waals surface area contributed by atoms with Gasteiger partial charge in [0.1, 0.15) is 5.75 Å². The Hall–Kier alpha value is -3.59. The van der Waals surface area contributed by atoms with Crippen LogP contribution in [0.5, 0.6) is 5.75 Å². The van der Waals surface area contributed by atoms with Crippen molar-refractivity contribution in [2.75, 3.05) is 17.1 Å². The smallest absolute Gasteiger partial charge is 0.319 e. The lowest BCUT2D eigenvalue weighted by molar-refractivity contribution is 0.251. The summed E-state index contributed by atoms with van der Waals surface area (Å²) in [5.41, 5.74) is 1.79. The number of hydrogen-bond donors (Lipinski definition) is 3. The Bertz CT molecular complexity index is 1050. The van der Waals surface area contributed by atoms with E-state index >= 15 is 0 Å². The number of ether oxygens (including phenoxy) is 1. The molecule has 0 fully saturated rings. The first-order valence-electron chi connectivity index (χ1n) is 8.67. The third kappa shape index (κ3) is 5.69. The Balaban J connectivity index is 1.57. The van der Waals surface area contributed by atoms with Crippen LogP contribution in [0.2, 0.25) is 0 Å². The molecule has 2 amide bonds. The van der Waals surface area contributed by atoms with Gasteiger partial charge in [0.25, 0.3) is 10.0 Å². The predicted molar refractivity (Wildman–Crippen MR) is 110 cm³/mol. The monoisotopic (exact) mass is 412 g/mol. The fraction of sp³-hybridized carbons (Fsp3) is 0.100. The maximum atomic E-state index is 12.4. The first-order valence-corrected chi connectivity index (χ1v) is 10.2. The molecule has 9 heteroatoms. The van der Waals surface area contributed by atoms with Gasteiger partial charge in [-0.05, 0) is 60.2 Å². The number of sulfonamides is 1. The second-order valence-corrected chi connectivity index (χ2v) is 7.71. The van der Waals surface area contributed by atoms with Crippen molar-refractivity contribution in [3.8, 4) is 5.75 Å². The summed E-state index contributed by atoms with van der Waals surface area (Å²) in [7, 11) is -2.21. The summed E-state index contributed by atoms with van der Waals surface area (Å²) in [5.74, 6) is 0.571. The van der Waals surface area contributed by atoms with Crippen LogP contribution in [0.1, 0.15) is 5.56 Å². The SMILES string of the molecule is COc1ccc(S(=O)(=O)Nc2ccc(NC(=O)NCc3cccnc3)cc2)cc1. The van der Waals surface area contributed by atoms with Crippen LogP contribution >= 0.6 is 0 Å². The number of nitrogens with zero attached hydrogens (tertiary/aromatic N) is 1. The minimum Gasteiger partial charge on any atom is -0.497 e. The third-order valence-electron chi connectivity index (χ3n) is 3.94. The minimum atomic E-state index is -3.72. The van der Waals surface area contributed by atoms with E-state index in [2.05, 4.69) is 20.3 Å². The number of benzene rings is 2. The Morgan fingerprint density at radius 2 is 1.69 bits per heavy atom. The van der Waals surface area contributed by atoms with E-state index in [1.54, 1.807) is 54.9 Å². The first-order chi connectivity index (χ1) is 14.0. The molecule has 150 valence electrons. The highest BCUT2D eigenvalue weighted by atomic mass is 32.2. The van der Waals surface area contributed by atoms with Crippen molar-refractivity contribution in [1.29, 1.82) is 0 Å². The van der Waals surface area contributed by atoms with Gasteiger partial charge < -0.3 is 15.4 Å². The van der Waals surface area contributed by atoms with Gasteiger partial charge in [-0.1, -0.05) is 6.07 Å². The highest BCUT2D eigenvalue weighted by molar-refractivity contribution is 7.92. The highest BCUT2D eigenvalue weighted by Gasteiger charge is 2.14. The maximum Gasteiger partial charge on any atom is 0.319 e. The van der Waals surface area contributed by atoms with Gasteiger partial charge in [0, 0.05) is 30.3 Å². The van der Waals surface area contributed by atoms with E-state index in [4.69, 9.17) is 4.74 Å². The molecule has 0 atom stereocenters. The van der Waals surface area contributed by atoms with E-state index in [1.165, 1.54) is 19.2 Å². The molecule has 3 rings (SSSR count). The van der Waals surface area contributed by atoms with Gasteiger partial charge in [-0.2, -0.15) is 0 Å². The molecular weight excluding hydrogens is 392 g/mol. The molecule has 0 bridgehead atoms. The fourth-order valence-electron chi connectivity index (χ4n) is 2.45. The zero-order valence-corrected chi connectivity index (χ0v) is 16.4. The molecule has 0 saturated carbocycles. The number of aromatic nitrogens is 1. The summed E-state index contributed by atoms with van der Waals surface area (Å²) in [6.45, 7) is 0.347. The summed E-state index contributed by atoms with van der Waals surface area (Å²) < 4.78 is 32.4. The van der Waals surface area contributed by atoms with Crippen LogP contribution < -0.4 is 20.1 Å². The average molecular weight is 412 g/mol. The van der Waals surface area contributed by atoms with Crippen LogP contribution in [0, 0.1) is 0 Å². The van der Waals surface area contributed by atoms with Gasteiger partial charge in [0.15, 0.2) is 0 Å². The minimum absolute atomic E-state index is 0.121. The molecule has 0 aliphatic rings. The van der Waals surface area contributed by atoms with Crippen LogP contribution in [0.4, 0.5) is 16.2 Å². The van der Waals surface area contributed by atoms with E-state index in [0.717, 1.165) is 5.56 Å². The van der Waals surface area contributed by atoms with Crippen LogP contribution in [0.25, 0.3) is 0 Å². The summed E-state index contributed by atoms with van der Waals surface area (Å²) in [4.78, 5) is 16.1. The van der Waals surface area contributed by atoms with Crippen molar-refractivity contribution in [1.82, 2.24) is 10.3 Å². The highest BCUT2D eigenvalue weighted by Crippen LogP contribution is 2.20. The van der Waals surface area contributed by atoms with Crippen molar-refractivity contribution >= 4 is 27.4 Å². The zero-order valence-electron chi connectivity index (χ0n) is 15.6. The third-order valence-corrected chi connectivity index (χ3v) is 5.34. The molecule has 0 radical (unpaired) electrons. The lowest BCUT2D eigenvalue weighted by atomic mass is 10.3. The van der Waals surface area contributed by atoms with Crippen molar-refractivity contribution in [3.05, 3.63) is 78.6 Å². The first kappa shape index (κ1) is 20.2. The number of methoxy groups -OCH3 is 1. The standard InChI is InChI=1S/C20H20N4O4S/c1-28-18-8-10-19(11-9-18)29(26,27)24-17-6-4-16(5-7-17)23-20(25)22-14-15-3-2-12-21-13-15/h2-13,24H,14H2,1H3,(H2,22,23,25). The molecule has 29 heavy (non-hydrogen) atoms. The Labute approximate surface area is 169 Å². The molecule has 0 spiro atoms. The molecule has 0 unspecified atom stereocenters. The van der Waals surface area contributed by atoms with Gasteiger partial charge in [0.2, 0.25) is 0 Å². The number of anilines is 2. The number of hydrogen-bond acceptors (Lipinski definition) is 5. The number of carbonyl (C=O) groups excluding carboxylic acids is 1. The van der Waals surface area contributed by atoms with E-state index in [-0.39, 0.29) is 10.9 Å². The number of rotatable bonds is 7. The number of carbonyl (C=O) groups is 1. The molecule has 3 N–H and O–H groups in total. The second kappa shape index (κ2) is 9.07. The Morgan fingerprint density at radius 1 is 1.00 bits per heavy atom. The summed E-state index contributed by atoms with van der Waals surface area (Å²) >= 11 is 0. The molecule has 1 aromatic heterocycles. The van der Waals surface area contributed by atoms with Crippen molar-refractivity contribution < 1.29 is 17.9 Å². The van der Waals surface area contributed by atoms with E-state index in [1.807, 2.05) is 6.07 Å². The molecule has 8 nitrogen and oxygen atoms in total. The van der Waals surface area contributed by atoms with Crippen molar-refractivity contribution in [2.24, 2.45) is 0 Å². The number of pyridine rings is 1. The van der Waals surface area contributed by atoms with E-state index < -0.39 is 10.0 Å². The lowest BCUT2D eigenvalue weighted by Gasteiger charge is -2.10. The second-order valence-electron chi connectivity index (χ2n) is 6.03. The van der Waals surface area contributed by atoms with Gasteiger partial charge in [0.05, 0.1) is 12.0 Å². The van der Waals surface area contributed by atoms with Crippen LogP contribution in [-0.2, 0) is 16.6 Å². The lowest BCUT2D eigenvalue weighted by Crippen LogP contribution is -2.28.